The number of hydrogen-bond donors (Lipinski definition) is 0. The molecule has 3 heteroatoms. The minimum Gasteiger partial charge on any atom is -0.370 e. The highest BCUT2D eigenvalue weighted by molar-refractivity contribution is 9.09. The standard InChI is InChI=1S/C11H15BrN2/c1-9-7-13-5-4-11(9)14-6-2-3-10(12)8-14/h4-5,7,10H,2-3,6,8H2,1H3. The normalized spacial score (nSPS) is 22.4. The Balaban J connectivity index is 2.18. The van der Waals surface area contributed by atoms with Crippen LogP contribution in [0.2, 0.25) is 0 Å². The number of pyridine rings is 1. The average molecular weight is 255 g/mol. The Labute approximate surface area is 93.5 Å². The molecule has 1 fully saturated rings. The maximum Gasteiger partial charge on any atom is 0.0427 e. The number of piperidine rings is 1. The number of anilines is 1. The van der Waals surface area contributed by atoms with Crippen LogP contribution in [0.3, 0.4) is 0 Å². The molecular formula is C11H15BrN2. The summed E-state index contributed by atoms with van der Waals surface area (Å²) in [6, 6.07) is 2.11. The van der Waals surface area contributed by atoms with E-state index in [2.05, 4.69) is 38.8 Å². The van der Waals surface area contributed by atoms with Crippen molar-refractivity contribution in [1.82, 2.24) is 4.98 Å². The first-order valence-corrected chi connectivity index (χ1v) is 5.98. The van der Waals surface area contributed by atoms with E-state index in [1.807, 2.05) is 12.4 Å². The van der Waals surface area contributed by atoms with Crippen LogP contribution in [0.15, 0.2) is 18.5 Å². The van der Waals surface area contributed by atoms with E-state index in [0.717, 1.165) is 6.54 Å². The SMILES string of the molecule is Cc1cnccc1N1CCCC(Br)C1. The summed E-state index contributed by atoms with van der Waals surface area (Å²) < 4.78 is 0. The Bertz CT molecular complexity index is 314. The fourth-order valence-corrected chi connectivity index (χ4v) is 2.64. The lowest BCUT2D eigenvalue weighted by atomic mass is 10.1. The summed E-state index contributed by atoms with van der Waals surface area (Å²) >= 11 is 3.69. The molecule has 2 heterocycles. The number of nitrogens with zero attached hydrogens (tertiary/aromatic N) is 2. The van der Waals surface area contributed by atoms with Crippen molar-refractivity contribution in [3.05, 3.63) is 24.0 Å². The quantitative estimate of drug-likeness (QED) is 0.717. The van der Waals surface area contributed by atoms with Crippen molar-refractivity contribution < 1.29 is 0 Å². The molecule has 0 amide bonds. The summed E-state index contributed by atoms with van der Waals surface area (Å²) in [5.74, 6) is 0. The Morgan fingerprint density at radius 2 is 2.43 bits per heavy atom. The monoisotopic (exact) mass is 254 g/mol. The van der Waals surface area contributed by atoms with Gasteiger partial charge in [-0.2, -0.15) is 0 Å². The Hall–Kier alpha value is -0.570. The molecule has 0 saturated carbocycles. The summed E-state index contributed by atoms with van der Waals surface area (Å²) in [7, 11) is 0. The number of halogens is 1. The highest BCUT2D eigenvalue weighted by Gasteiger charge is 2.18. The second-order valence-electron chi connectivity index (χ2n) is 3.85. The zero-order valence-electron chi connectivity index (χ0n) is 8.41. The molecule has 14 heavy (non-hydrogen) atoms. The first kappa shape index (κ1) is 9.97. The maximum absolute atomic E-state index is 4.12. The number of aryl methyl sites for hydroxylation is 1. The zero-order valence-corrected chi connectivity index (χ0v) is 10.00. The molecule has 0 bridgehead atoms. The lowest BCUT2D eigenvalue weighted by Crippen LogP contribution is -2.36. The van der Waals surface area contributed by atoms with Crippen LogP contribution in [0.1, 0.15) is 18.4 Å². The first-order chi connectivity index (χ1) is 6.77. The molecule has 1 aromatic heterocycles. The van der Waals surface area contributed by atoms with Gasteiger partial charge in [0.15, 0.2) is 0 Å². The van der Waals surface area contributed by atoms with Gasteiger partial charge in [-0.15, -0.1) is 0 Å². The van der Waals surface area contributed by atoms with Gasteiger partial charge in [-0.3, -0.25) is 4.98 Å². The third kappa shape index (κ3) is 2.08. The van der Waals surface area contributed by atoms with Gasteiger partial charge in [0.2, 0.25) is 0 Å². The van der Waals surface area contributed by atoms with Gasteiger partial charge in [0.1, 0.15) is 0 Å². The van der Waals surface area contributed by atoms with Crippen molar-refractivity contribution in [1.29, 1.82) is 0 Å². The van der Waals surface area contributed by atoms with Crippen LogP contribution in [0, 0.1) is 6.92 Å². The Morgan fingerprint density at radius 1 is 1.57 bits per heavy atom. The molecule has 0 aliphatic carbocycles. The van der Waals surface area contributed by atoms with Crippen LogP contribution in [-0.4, -0.2) is 22.9 Å². The second kappa shape index (κ2) is 4.30. The van der Waals surface area contributed by atoms with Gasteiger partial charge in [0, 0.05) is 36.0 Å². The number of aromatic nitrogens is 1. The summed E-state index contributed by atoms with van der Waals surface area (Å²) in [4.78, 5) is 7.21. The molecule has 2 nitrogen and oxygen atoms in total. The Kier molecular flexibility index (Phi) is 3.06. The van der Waals surface area contributed by atoms with Gasteiger partial charge in [-0.25, -0.2) is 0 Å². The fourth-order valence-electron chi connectivity index (χ4n) is 1.97. The van der Waals surface area contributed by atoms with Crippen molar-refractivity contribution in [2.45, 2.75) is 24.6 Å². The second-order valence-corrected chi connectivity index (χ2v) is 5.14. The van der Waals surface area contributed by atoms with E-state index in [9.17, 15) is 0 Å². The molecule has 1 saturated heterocycles. The van der Waals surface area contributed by atoms with E-state index < -0.39 is 0 Å². The van der Waals surface area contributed by atoms with Crippen LogP contribution < -0.4 is 4.90 Å². The maximum atomic E-state index is 4.12. The third-order valence-corrected chi connectivity index (χ3v) is 3.44. The largest absolute Gasteiger partial charge is 0.370 e. The molecule has 0 N–H and O–H groups in total. The van der Waals surface area contributed by atoms with Gasteiger partial charge in [-0.05, 0) is 31.4 Å². The predicted octanol–water partition coefficient (Wildman–Crippen LogP) is 2.75. The Morgan fingerprint density at radius 3 is 3.14 bits per heavy atom. The summed E-state index contributed by atoms with van der Waals surface area (Å²) in [5, 5.41) is 0. The average Bonchev–Trinajstić information content (AvgIpc) is 2.18. The number of hydrogen-bond acceptors (Lipinski definition) is 2. The lowest BCUT2D eigenvalue weighted by Gasteiger charge is -2.32. The van der Waals surface area contributed by atoms with Crippen LogP contribution in [0.5, 0.6) is 0 Å². The summed E-state index contributed by atoms with van der Waals surface area (Å²) in [5.41, 5.74) is 2.61. The molecule has 76 valence electrons. The zero-order chi connectivity index (χ0) is 9.97. The van der Waals surface area contributed by atoms with Crippen molar-refractivity contribution in [2.24, 2.45) is 0 Å². The molecule has 0 aromatic carbocycles. The van der Waals surface area contributed by atoms with Gasteiger partial charge in [-0.1, -0.05) is 15.9 Å². The number of alkyl halides is 1. The van der Waals surface area contributed by atoms with Crippen LogP contribution >= 0.6 is 15.9 Å². The summed E-state index contributed by atoms with van der Waals surface area (Å²) in [6.45, 7) is 4.41. The minimum absolute atomic E-state index is 0.642. The van der Waals surface area contributed by atoms with E-state index in [4.69, 9.17) is 0 Å². The molecule has 0 radical (unpaired) electrons. The van der Waals surface area contributed by atoms with Crippen molar-refractivity contribution in [3.63, 3.8) is 0 Å². The number of rotatable bonds is 1. The molecule has 1 aliphatic heterocycles. The van der Waals surface area contributed by atoms with Crippen molar-refractivity contribution in [2.75, 3.05) is 18.0 Å². The topological polar surface area (TPSA) is 16.1 Å². The predicted molar refractivity (Wildman–Crippen MR) is 63.1 cm³/mol. The van der Waals surface area contributed by atoms with Gasteiger partial charge >= 0.3 is 0 Å². The van der Waals surface area contributed by atoms with Gasteiger partial charge in [0.05, 0.1) is 0 Å². The van der Waals surface area contributed by atoms with Crippen LogP contribution in [0.25, 0.3) is 0 Å². The highest BCUT2D eigenvalue weighted by atomic mass is 79.9. The molecule has 1 aliphatic rings. The fraction of sp³-hybridized carbons (Fsp3) is 0.545. The van der Waals surface area contributed by atoms with E-state index in [1.165, 1.54) is 30.6 Å². The van der Waals surface area contributed by atoms with Crippen molar-refractivity contribution >= 4 is 21.6 Å². The van der Waals surface area contributed by atoms with E-state index in [-0.39, 0.29) is 0 Å². The van der Waals surface area contributed by atoms with E-state index >= 15 is 0 Å². The molecule has 0 spiro atoms. The van der Waals surface area contributed by atoms with E-state index in [0.29, 0.717) is 4.83 Å². The third-order valence-electron chi connectivity index (χ3n) is 2.70. The van der Waals surface area contributed by atoms with Crippen LogP contribution in [-0.2, 0) is 0 Å². The van der Waals surface area contributed by atoms with Gasteiger partial charge < -0.3 is 4.90 Å². The molecular weight excluding hydrogens is 240 g/mol. The van der Waals surface area contributed by atoms with Gasteiger partial charge in [0.25, 0.3) is 0 Å². The lowest BCUT2D eigenvalue weighted by molar-refractivity contribution is 0.595. The smallest absolute Gasteiger partial charge is 0.0427 e. The van der Waals surface area contributed by atoms with E-state index in [1.54, 1.807) is 0 Å². The first-order valence-electron chi connectivity index (χ1n) is 5.07. The molecule has 1 unspecified atom stereocenters. The molecule has 2 rings (SSSR count). The molecule has 1 atom stereocenters. The molecule has 1 aromatic rings. The van der Waals surface area contributed by atoms with Crippen molar-refractivity contribution in [3.8, 4) is 0 Å². The summed E-state index contributed by atoms with van der Waals surface area (Å²) in [6.07, 6.45) is 6.38. The highest BCUT2D eigenvalue weighted by Crippen LogP contribution is 2.25. The minimum atomic E-state index is 0.642. The van der Waals surface area contributed by atoms with Crippen LogP contribution in [0.4, 0.5) is 5.69 Å².